The van der Waals surface area contributed by atoms with Crippen LogP contribution in [0.25, 0.3) is 6.08 Å². The van der Waals surface area contributed by atoms with Crippen molar-refractivity contribution in [1.29, 1.82) is 0 Å². The van der Waals surface area contributed by atoms with E-state index in [1.165, 1.54) is 12.1 Å². The first-order valence-electron chi connectivity index (χ1n) is 5.58. The maximum absolute atomic E-state index is 12.0. The smallest absolute Gasteiger partial charge is 0.186 e. The standard InChI is InChI=1S/C14H12BrNO2S/c1-16-11-5-2-9(8-13(11)18)12(17)6-3-10-4-7-14(15)19-10/h2-8,16,18H,1H3/b6-3+. The molecule has 0 atom stereocenters. The van der Waals surface area contributed by atoms with Crippen molar-refractivity contribution in [2.75, 3.05) is 12.4 Å². The van der Waals surface area contributed by atoms with Gasteiger partial charge in [-0.05, 0) is 58.4 Å². The third kappa shape index (κ3) is 3.45. The molecule has 0 aliphatic heterocycles. The topological polar surface area (TPSA) is 49.3 Å². The van der Waals surface area contributed by atoms with E-state index in [0.717, 1.165) is 8.66 Å². The van der Waals surface area contributed by atoms with Gasteiger partial charge < -0.3 is 10.4 Å². The summed E-state index contributed by atoms with van der Waals surface area (Å²) in [5.74, 6) is -0.0666. The van der Waals surface area contributed by atoms with E-state index in [-0.39, 0.29) is 11.5 Å². The Morgan fingerprint density at radius 1 is 1.37 bits per heavy atom. The van der Waals surface area contributed by atoms with E-state index in [1.807, 2.05) is 12.1 Å². The molecule has 2 aromatic rings. The summed E-state index contributed by atoms with van der Waals surface area (Å²) in [4.78, 5) is 12.9. The van der Waals surface area contributed by atoms with Gasteiger partial charge in [0.15, 0.2) is 5.78 Å². The molecule has 1 aromatic carbocycles. The molecule has 2 rings (SSSR count). The number of phenols is 1. The van der Waals surface area contributed by atoms with Gasteiger partial charge in [-0.15, -0.1) is 11.3 Å². The van der Waals surface area contributed by atoms with Gasteiger partial charge in [-0.2, -0.15) is 0 Å². The van der Waals surface area contributed by atoms with Crippen LogP contribution in [0.5, 0.6) is 5.75 Å². The van der Waals surface area contributed by atoms with E-state index in [9.17, 15) is 9.90 Å². The molecular weight excluding hydrogens is 326 g/mol. The predicted molar refractivity (Wildman–Crippen MR) is 83.0 cm³/mol. The third-order valence-electron chi connectivity index (χ3n) is 2.54. The number of carbonyl (C=O) groups excluding carboxylic acids is 1. The average Bonchev–Trinajstić information content (AvgIpc) is 2.81. The minimum atomic E-state index is -0.137. The molecular formula is C14H12BrNO2S. The van der Waals surface area contributed by atoms with E-state index < -0.39 is 0 Å². The summed E-state index contributed by atoms with van der Waals surface area (Å²) in [5.41, 5.74) is 1.06. The first kappa shape index (κ1) is 13.8. The van der Waals surface area contributed by atoms with E-state index >= 15 is 0 Å². The number of phenolic OH excluding ortho intramolecular Hbond substituents is 1. The molecule has 0 radical (unpaired) electrons. The van der Waals surface area contributed by atoms with Crippen molar-refractivity contribution in [3.8, 4) is 5.75 Å². The molecule has 0 amide bonds. The highest BCUT2D eigenvalue weighted by Crippen LogP contribution is 2.25. The van der Waals surface area contributed by atoms with Crippen LogP contribution in [0.2, 0.25) is 0 Å². The Morgan fingerprint density at radius 3 is 2.74 bits per heavy atom. The van der Waals surface area contributed by atoms with E-state index in [2.05, 4.69) is 21.2 Å². The number of halogens is 1. The lowest BCUT2D eigenvalue weighted by Gasteiger charge is -2.04. The van der Waals surface area contributed by atoms with E-state index in [4.69, 9.17) is 0 Å². The lowest BCUT2D eigenvalue weighted by molar-refractivity contribution is 0.104. The summed E-state index contributed by atoms with van der Waals surface area (Å²) in [6, 6.07) is 8.69. The highest BCUT2D eigenvalue weighted by molar-refractivity contribution is 9.11. The Morgan fingerprint density at radius 2 is 2.16 bits per heavy atom. The molecule has 0 saturated carbocycles. The molecule has 98 valence electrons. The van der Waals surface area contributed by atoms with Crippen LogP contribution < -0.4 is 5.32 Å². The van der Waals surface area contributed by atoms with E-state index in [1.54, 1.807) is 36.6 Å². The van der Waals surface area contributed by atoms with Crippen LogP contribution in [0.1, 0.15) is 15.2 Å². The number of carbonyl (C=O) groups is 1. The molecule has 3 nitrogen and oxygen atoms in total. The summed E-state index contributed by atoms with van der Waals surface area (Å²) in [6.07, 6.45) is 3.27. The SMILES string of the molecule is CNc1ccc(C(=O)/C=C/c2ccc(Br)s2)cc1O. The molecule has 1 aromatic heterocycles. The van der Waals surface area contributed by atoms with Gasteiger partial charge in [-0.1, -0.05) is 0 Å². The minimum absolute atomic E-state index is 0.0700. The van der Waals surface area contributed by atoms with Crippen LogP contribution in [0, 0.1) is 0 Å². The quantitative estimate of drug-likeness (QED) is 0.500. The number of rotatable bonds is 4. The van der Waals surface area contributed by atoms with Crippen molar-refractivity contribution in [2.24, 2.45) is 0 Å². The summed E-state index contributed by atoms with van der Waals surface area (Å²) >= 11 is 4.92. The monoisotopic (exact) mass is 337 g/mol. The van der Waals surface area contributed by atoms with Gasteiger partial charge in [0.1, 0.15) is 5.75 Å². The van der Waals surface area contributed by atoms with Crippen molar-refractivity contribution >= 4 is 44.8 Å². The number of allylic oxidation sites excluding steroid dienone is 1. The van der Waals surface area contributed by atoms with Crippen LogP contribution in [-0.4, -0.2) is 17.9 Å². The molecule has 5 heteroatoms. The zero-order chi connectivity index (χ0) is 13.8. The number of aromatic hydroxyl groups is 1. The number of anilines is 1. The zero-order valence-electron chi connectivity index (χ0n) is 10.2. The van der Waals surface area contributed by atoms with Crippen molar-refractivity contribution < 1.29 is 9.90 Å². The Bertz CT molecular complexity index is 634. The largest absolute Gasteiger partial charge is 0.506 e. The Balaban J connectivity index is 2.16. The average molecular weight is 338 g/mol. The van der Waals surface area contributed by atoms with Crippen molar-refractivity contribution in [1.82, 2.24) is 0 Å². The van der Waals surface area contributed by atoms with Gasteiger partial charge in [-0.3, -0.25) is 4.79 Å². The second kappa shape index (κ2) is 6.04. The first-order valence-corrected chi connectivity index (χ1v) is 7.19. The molecule has 2 N–H and O–H groups in total. The van der Waals surface area contributed by atoms with Crippen LogP contribution in [0.4, 0.5) is 5.69 Å². The Hall–Kier alpha value is -1.59. The van der Waals surface area contributed by atoms with Gasteiger partial charge >= 0.3 is 0 Å². The van der Waals surface area contributed by atoms with Gasteiger partial charge in [0.2, 0.25) is 0 Å². The number of hydrogen-bond donors (Lipinski definition) is 2. The van der Waals surface area contributed by atoms with Gasteiger partial charge in [-0.25, -0.2) is 0 Å². The van der Waals surface area contributed by atoms with Gasteiger partial charge in [0.05, 0.1) is 9.47 Å². The molecule has 0 saturated heterocycles. The number of benzene rings is 1. The fourth-order valence-electron chi connectivity index (χ4n) is 1.57. The summed E-state index contributed by atoms with van der Waals surface area (Å²) < 4.78 is 1.02. The van der Waals surface area contributed by atoms with Crippen LogP contribution >= 0.6 is 27.3 Å². The number of thiophene rings is 1. The van der Waals surface area contributed by atoms with Crippen molar-refractivity contribution in [3.05, 3.63) is 50.6 Å². The van der Waals surface area contributed by atoms with Crippen molar-refractivity contribution in [2.45, 2.75) is 0 Å². The van der Waals surface area contributed by atoms with E-state index in [0.29, 0.717) is 11.3 Å². The fourth-order valence-corrected chi connectivity index (χ4v) is 2.89. The summed E-state index contributed by atoms with van der Waals surface area (Å²) in [6.45, 7) is 0. The van der Waals surface area contributed by atoms with Crippen LogP contribution in [0.15, 0.2) is 40.2 Å². The highest BCUT2D eigenvalue weighted by Gasteiger charge is 2.06. The second-order valence-corrected chi connectivity index (χ2v) is 6.32. The maximum atomic E-state index is 12.0. The van der Waals surface area contributed by atoms with Crippen LogP contribution in [0.3, 0.4) is 0 Å². The number of ketones is 1. The highest BCUT2D eigenvalue weighted by atomic mass is 79.9. The molecule has 0 bridgehead atoms. The molecule has 0 aliphatic carbocycles. The molecule has 19 heavy (non-hydrogen) atoms. The molecule has 0 unspecified atom stereocenters. The number of hydrogen-bond acceptors (Lipinski definition) is 4. The fraction of sp³-hybridized carbons (Fsp3) is 0.0714. The second-order valence-electron chi connectivity index (χ2n) is 3.82. The molecule has 1 heterocycles. The summed E-state index contributed by atoms with van der Waals surface area (Å²) in [5, 5.41) is 12.5. The van der Waals surface area contributed by atoms with Gasteiger partial charge in [0.25, 0.3) is 0 Å². The lowest BCUT2D eigenvalue weighted by atomic mass is 10.1. The first-order chi connectivity index (χ1) is 9.10. The Labute approximate surface area is 123 Å². The van der Waals surface area contributed by atoms with Crippen molar-refractivity contribution in [3.63, 3.8) is 0 Å². The zero-order valence-corrected chi connectivity index (χ0v) is 12.6. The van der Waals surface area contributed by atoms with Gasteiger partial charge in [0, 0.05) is 17.5 Å². The minimum Gasteiger partial charge on any atom is -0.506 e. The summed E-state index contributed by atoms with van der Waals surface area (Å²) in [7, 11) is 1.71. The molecule has 0 aliphatic rings. The number of nitrogens with one attached hydrogen (secondary N) is 1. The lowest BCUT2D eigenvalue weighted by Crippen LogP contribution is -1.95. The predicted octanol–water partition coefficient (Wildman–Crippen LogP) is 4.15. The molecule has 0 spiro atoms. The maximum Gasteiger partial charge on any atom is 0.186 e. The van der Waals surface area contributed by atoms with Crippen LogP contribution in [-0.2, 0) is 0 Å². The normalized spacial score (nSPS) is 10.8. The molecule has 0 fully saturated rings. The third-order valence-corrected chi connectivity index (χ3v) is 4.13. The Kier molecular flexibility index (Phi) is 4.39.